The zero-order valence-electron chi connectivity index (χ0n) is 14.6. The molecule has 1 N–H and O–H groups in total. The number of carbonyl (C=O) groups is 1. The van der Waals surface area contributed by atoms with Crippen molar-refractivity contribution in [2.45, 2.75) is 24.4 Å². The van der Waals surface area contributed by atoms with E-state index in [1.165, 1.54) is 16.4 Å². The fourth-order valence-corrected chi connectivity index (χ4v) is 4.56. The van der Waals surface area contributed by atoms with Gasteiger partial charge in [-0.05, 0) is 43.2 Å². The minimum Gasteiger partial charge on any atom is -0.438 e. The molecule has 0 atom stereocenters. The van der Waals surface area contributed by atoms with Crippen LogP contribution in [-0.4, -0.2) is 36.7 Å². The summed E-state index contributed by atoms with van der Waals surface area (Å²) in [5.41, 5.74) is 0.753. The number of anilines is 1. The van der Waals surface area contributed by atoms with Crippen molar-refractivity contribution in [3.05, 3.63) is 54.3 Å². The van der Waals surface area contributed by atoms with Crippen molar-refractivity contribution in [3.8, 4) is 0 Å². The first kappa shape index (κ1) is 17.7. The molecule has 1 saturated heterocycles. The molecule has 1 aliphatic heterocycles. The first-order valence-corrected chi connectivity index (χ1v) is 10.3. The minimum atomic E-state index is -3.71. The molecule has 140 valence electrons. The van der Waals surface area contributed by atoms with Crippen LogP contribution in [0.4, 0.5) is 5.82 Å². The number of para-hydroxylation sites is 1. The van der Waals surface area contributed by atoms with Crippen LogP contribution in [0.5, 0.6) is 0 Å². The van der Waals surface area contributed by atoms with E-state index < -0.39 is 15.9 Å². The van der Waals surface area contributed by atoms with E-state index in [1.54, 1.807) is 6.07 Å². The van der Waals surface area contributed by atoms with Gasteiger partial charge in [-0.15, -0.1) is 0 Å². The van der Waals surface area contributed by atoms with E-state index in [-0.39, 0.29) is 10.9 Å². The van der Waals surface area contributed by atoms with E-state index in [0.717, 1.165) is 30.2 Å². The lowest BCUT2D eigenvalue weighted by molar-refractivity contribution is 0.0991. The molecule has 27 heavy (non-hydrogen) atoms. The molecule has 2 aromatic heterocycles. The third-order valence-electron chi connectivity index (χ3n) is 4.55. The second-order valence-corrected chi connectivity index (χ2v) is 8.30. The van der Waals surface area contributed by atoms with Crippen LogP contribution in [0.3, 0.4) is 0 Å². The summed E-state index contributed by atoms with van der Waals surface area (Å²) in [6.45, 7) is 0.956. The number of aromatic nitrogens is 1. The van der Waals surface area contributed by atoms with Crippen LogP contribution in [0.25, 0.3) is 10.9 Å². The van der Waals surface area contributed by atoms with Gasteiger partial charge in [0.1, 0.15) is 5.82 Å². The molecule has 0 saturated carbocycles. The van der Waals surface area contributed by atoms with Gasteiger partial charge in [0.2, 0.25) is 5.09 Å². The lowest BCUT2D eigenvalue weighted by atomic mass is 10.2. The smallest absolute Gasteiger partial charge is 0.292 e. The SMILES string of the molecule is O=C(Nc1ccc2ccccc2n1)c1ccc(S(=O)(=O)N2CCCCC2)o1. The molecule has 1 fully saturated rings. The summed E-state index contributed by atoms with van der Waals surface area (Å²) in [7, 11) is -3.71. The zero-order chi connectivity index (χ0) is 18.9. The van der Waals surface area contributed by atoms with Gasteiger partial charge in [0, 0.05) is 18.5 Å². The number of pyridine rings is 1. The van der Waals surface area contributed by atoms with Crippen molar-refractivity contribution in [2.24, 2.45) is 0 Å². The summed E-state index contributed by atoms with van der Waals surface area (Å²) < 4.78 is 32.0. The van der Waals surface area contributed by atoms with Crippen molar-refractivity contribution in [2.75, 3.05) is 18.4 Å². The van der Waals surface area contributed by atoms with Crippen molar-refractivity contribution < 1.29 is 17.6 Å². The average molecular weight is 385 g/mol. The van der Waals surface area contributed by atoms with Crippen LogP contribution in [0.1, 0.15) is 29.8 Å². The third kappa shape index (κ3) is 3.58. The van der Waals surface area contributed by atoms with E-state index in [0.29, 0.717) is 18.9 Å². The molecule has 0 radical (unpaired) electrons. The van der Waals surface area contributed by atoms with Crippen LogP contribution in [0.15, 0.2) is 58.0 Å². The minimum absolute atomic E-state index is 0.0689. The number of nitrogens with one attached hydrogen (secondary N) is 1. The molecule has 4 rings (SSSR count). The molecule has 0 aliphatic carbocycles. The second-order valence-electron chi connectivity index (χ2n) is 6.43. The average Bonchev–Trinajstić information content (AvgIpc) is 3.20. The summed E-state index contributed by atoms with van der Waals surface area (Å²) in [6.07, 6.45) is 2.69. The molecule has 3 aromatic rings. The highest BCUT2D eigenvalue weighted by molar-refractivity contribution is 7.89. The van der Waals surface area contributed by atoms with Gasteiger partial charge in [-0.1, -0.05) is 24.6 Å². The van der Waals surface area contributed by atoms with Gasteiger partial charge in [-0.2, -0.15) is 4.31 Å². The number of nitrogens with zero attached hydrogens (tertiary/aromatic N) is 2. The molecule has 0 bridgehead atoms. The largest absolute Gasteiger partial charge is 0.438 e. The van der Waals surface area contributed by atoms with Crippen LogP contribution in [0.2, 0.25) is 0 Å². The van der Waals surface area contributed by atoms with E-state index in [1.807, 2.05) is 30.3 Å². The highest BCUT2D eigenvalue weighted by Gasteiger charge is 2.29. The number of amides is 1. The highest BCUT2D eigenvalue weighted by Crippen LogP contribution is 2.23. The number of rotatable bonds is 4. The molecule has 7 nitrogen and oxygen atoms in total. The van der Waals surface area contributed by atoms with Gasteiger partial charge in [-0.3, -0.25) is 4.79 Å². The number of benzene rings is 1. The predicted molar refractivity (Wildman–Crippen MR) is 101 cm³/mol. The topological polar surface area (TPSA) is 92.5 Å². The van der Waals surface area contributed by atoms with Gasteiger partial charge >= 0.3 is 0 Å². The molecule has 1 aliphatic rings. The molecule has 8 heteroatoms. The monoisotopic (exact) mass is 385 g/mol. The first-order valence-electron chi connectivity index (χ1n) is 8.81. The van der Waals surface area contributed by atoms with Crippen LogP contribution < -0.4 is 5.32 Å². The maximum atomic E-state index is 12.6. The zero-order valence-corrected chi connectivity index (χ0v) is 15.4. The Balaban J connectivity index is 1.52. The number of hydrogen-bond donors (Lipinski definition) is 1. The Morgan fingerprint density at radius 1 is 1.00 bits per heavy atom. The molecule has 1 aromatic carbocycles. The Morgan fingerprint density at radius 2 is 1.78 bits per heavy atom. The summed E-state index contributed by atoms with van der Waals surface area (Å²) in [6, 6.07) is 13.8. The van der Waals surface area contributed by atoms with Gasteiger partial charge in [0.25, 0.3) is 15.9 Å². The third-order valence-corrected chi connectivity index (χ3v) is 6.33. The normalized spacial score (nSPS) is 15.7. The van der Waals surface area contributed by atoms with E-state index in [4.69, 9.17) is 4.42 Å². The number of fused-ring (bicyclic) bond motifs is 1. The van der Waals surface area contributed by atoms with Crippen LogP contribution in [0, 0.1) is 0 Å². The summed E-state index contributed by atoms with van der Waals surface area (Å²) in [5, 5.41) is 3.40. The number of carbonyl (C=O) groups excluding carboxylic acids is 1. The fourth-order valence-electron chi connectivity index (χ4n) is 3.13. The van der Waals surface area contributed by atoms with E-state index in [9.17, 15) is 13.2 Å². The number of furan rings is 1. The first-order chi connectivity index (χ1) is 13.0. The second kappa shape index (κ2) is 7.13. The fraction of sp³-hybridized carbons (Fsp3) is 0.263. The Morgan fingerprint density at radius 3 is 2.59 bits per heavy atom. The lowest BCUT2D eigenvalue weighted by Crippen LogP contribution is -2.35. The number of sulfonamides is 1. The molecule has 0 unspecified atom stereocenters. The quantitative estimate of drug-likeness (QED) is 0.744. The Hall–Kier alpha value is -2.71. The van der Waals surface area contributed by atoms with Gasteiger partial charge < -0.3 is 9.73 Å². The Bertz CT molecular complexity index is 1090. The van der Waals surface area contributed by atoms with Crippen LogP contribution >= 0.6 is 0 Å². The summed E-state index contributed by atoms with van der Waals surface area (Å²) in [4.78, 5) is 16.8. The van der Waals surface area contributed by atoms with Crippen molar-refractivity contribution in [1.29, 1.82) is 0 Å². The van der Waals surface area contributed by atoms with Gasteiger partial charge in [-0.25, -0.2) is 13.4 Å². The molecule has 0 spiro atoms. The number of hydrogen-bond acceptors (Lipinski definition) is 5. The molecular formula is C19H19N3O4S. The van der Waals surface area contributed by atoms with Crippen molar-refractivity contribution in [3.63, 3.8) is 0 Å². The maximum Gasteiger partial charge on any atom is 0.292 e. The van der Waals surface area contributed by atoms with E-state index >= 15 is 0 Å². The summed E-state index contributed by atoms with van der Waals surface area (Å²) in [5.74, 6) is -0.242. The predicted octanol–water partition coefficient (Wildman–Crippen LogP) is 3.25. The van der Waals surface area contributed by atoms with Crippen LogP contribution in [-0.2, 0) is 10.0 Å². The van der Waals surface area contributed by atoms with Gasteiger partial charge in [0.15, 0.2) is 5.76 Å². The Kier molecular flexibility index (Phi) is 4.67. The molecular weight excluding hydrogens is 366 g/mol. The maximum absolute atomic E-state index is 12.6. The highest BCUT2D eigenvalue weighted by atomic mass is 32.2. The molecule has 1 amide bonds. The lowest BCUT2D eigenvalue weighted by Gasteiger charge is -2.24. The number of piperidine rings is 1. The standard InChI is InChI=1S/C19H19N3O4S/c23-19(21-17-10-8-14-6-2-3-7-15(14)20-17)16-9-11-18(26-16)27(24,25)22-12-4-1-5-13-22/h2-3,6-11H,1,4-5,12-13H2,(H,20,21,23). The van der Waals surface area contributed by atoms with Crippen molar-refractivity contribution in [1.82, 2.24) is 9.29 Å². The summed E-state index contributed by atoms with van der Waals surface area (Å²) >= 11 is 0. The Labute approximate surface area is 157 Å². The molecule has 3 heterocycles. The van der Waals surface area contributed by atoms with E-state index in [2.05, 4.69) is 10.3 Å². The van der Waals surface area contributed by atoms with Crippen molar-refractivity contribution >= 4 is 32.7 Å². The van der Waals surface area contributed by atoms with Gasteiger partial charge in [0.05, 0.1) is 5.52 Å².